The molecule has 2 nitrogen and oxygen atoms in total. The highest BCUT2D eigenvalue weighted by molar-refractivity contribution is 9.10. The molecule has 0 heterocycles. The fourth-order valence-electron chi connectivity index (χ4n) is 3.03. The van der Waals surface area contributed by atoms with Gasteiger partial charge in [-0.3, -0.25) is 0 Å². The van der Waals surface area contributed by atoms with Crippen LogP contribution in [0.5, 0.6) is 5.75 Å². The van der Waals surface area contributed by atoms with E-state index in [0.29, 0.717) is 22.7 Å². The van der Waals surface area contributed by atoms with Crippen LogP contribution in [0.3, 0.4) is 0 Å². The molecule has 0 saturated heterocycles. The smallest absolute Gasteiger partial charge is 0.124 e. The van der Waals surface area contributed by atoms with E-state index in [2.05, 4.69) is 27.3 Å². The lowest BCUT2D eigenvalue weighted by molar-refractivity contribution is 0.301. The Labute approximate surface area is 161 Å². The molecule has 1 saturated carbocycles. The van der Waals surface area contributed by atoms with Crippen molar-refractivity contribution in [3.8, 4) is 5.75 Å². The predicted octanol–water partition coefficient (Wildman–Crippen LogP) is 6.37. The molecule has 0 amide bonds. The lowest BCUT2D eigenvalue weighted by atomic mass is 10.1. The van der Waals surface area contributed by atoms with E-state index in [1.54, 1.807) is 0 Å². The molecule has 0 radical (unpaired) electrons. The molecule has 1 aliphatic rings. The lowest BCUT2D eigenvalue weighted by Crippen LogP contribution is -2.25. The van der Waals surface area contributed by atoms with Crippen LogP contribution >= 0.6 is 39.1 Å². The van der Waals surface area contributed by atoms with Crippen LogP contribution in [-0.4, -0.2) is 6.04 Å². The van der Waals surface area contributed by atoms with Crippen LogP contribution in [-0.2, 0) is 13.2 Å². The molecular weight excluding hydrogens is 409 g/mol. The molecule has 2 aromatic carbocycles. The molecule has 128 valence electrons. The molecule has 0 aromatic heterocycles. The van der Waals surface area contributed by atoms with E-state index in [-0.39, 0.29) is 0 Å². The fraction of sp³-hybridized carbons (Fsp3) is 0.368. The van der Waals surface area contributed by atoms with Crippen molar-refractivity contribution in [1.29, 1.82) is 0 Å². The zero-order valence-corrected chi connectivity index (χ0v) is 16.4. The number of benzene rings is 2. The fourth-order valence-corrected chi connectivity index (χ4v) is 3.95. The summed E-state index contributed by atoms with van der Waals surface area (Å²) in [5.41, 5.74) is 1.96. The van der Waals surface area contributed by atoms with Crippen molar-refractivity contribution in [3.63, 3.8) is 0 Å². The third-order valence-electron chi connectivity index (χ3n) is 4.39. The van der Waals surface area contributed by atoms with Crippen molar-refractivity contribution in [2.45, 2.75) is 44.9 Å². The Kier molecular flexibility index (Phi) is 6.45. The van der Waals surface area contributed by atoms with Gasteiger partial charge in [0.15, 0.2) is 0 Å². The quantitative estimate of drug-likeness (QED) is 0.577. The zero-order valence-electron chi connectivity index (χ0n) is 13.3. The van der Waals surface area contributed by atoms with E-state index < -0.39 is 0 Å². The van der Waals surface area contributed by atoms with Gasteiger partial charge in [-0.1, -0.05) is 58.0 Å². The largest absolute Gasteiger partial charge is 0.488 e. The van der Waals surface area contributed by atoms with Gasteiger partial charge in [-0.05, 0) is 43.2 Å². The molecule has 0 aliphatic heterocycles. The van der Waals surface area contributed by atoms with Gasteiger partial charge in [0.2, 0.25) is 0 Å². The molecule has 0 unspecified atom stereocenters. The van der Waals surface area contributed by atoms with E-state index in [0.717, 1.165) is 27.9 Å². The van der Waals surface area contributed by atoms with E-state index in [1.165, 1.54) is 25.7 Å². The molecule has 0 bridgehead atoms. The molecule has 1 N–H and O–H groups in total. The van der Waals surface area contributed by atoms with Gasteiger partial charge in [0.1, 0.15) is 12.4 Å². The molecular formula is C19H20BrCl2NO. The number of rotatable bonds is 6. The third kappa shape index (κ3) is 4.66. The van der Waals surface area contributed by atoms with Gasteiger partial charge in [0.05, 0.1) is 0 Å². The van der Waals surface area contributed by atoms with Crippen LogP contribution in [0, 0.1) is 0 Å². The minimum atomic E-state index is 0.358. The Morgan fingerprint density at radius 1 is 1.08 bits per heavy atom. The van der Waals surface area contributed by atoms with Crippen LogP contribution in [0.15, 0.2) is 40.9 Å². The van der Waals surface area contributed by atoms with Crippen molar-refractivity contribution in [3.05, 3.63) is 62.0 Å². The van der Waals surface area contributed by atoms with Crippen LogP contribution in [0.4, 0.5) is 0 Å². The summed E-state index contributed by atoms with van der Waals surface area (Å²) in [7, 11) is 0. The van der Waals surface area contributed by atoms with Gasteiger partial charge in [-0.2, -0.15) is 0 Å². The first kappa shape index (κ1) is 18.1. The average molecular weight is 429 g/mol. The molecule has 3 rings (SSSR count). The lowest BCUT2D eigenvalue weighted by Gasteiger charge is -2.16. The highest BCUT2D eigenvalue weighted by atomic mass is 79.9. The van der Waals surface area contributed by atoms with E-state index >= 15 is 0 Å². The SMILES string of the molecule is Clc1cccc(Cl)c1COc1ccc(Br)cc1CNC1CCCC1. The normalized spacial score (nSPS) is 15.0. The summed E-state index contributed by atoms with van der Waals surface area (Å²) in [6.45, 7) is 1.16. The maximum absolute atomic E-state index is 6.22. The standard InChI is InChI=1S/C19H20BrCl2NO/c20-14-8-9-19(13(10-14)11-23-15-4-1-2-5-15)24-12-16-17(21)6-3-7-18(16)22/h3,6-10,15,23H,1-2,4-5,11-12H2. The van der Waals surface area contributed by atoms with Crippen molar-refractivity contribution >= 4 is 39.1 Å². The summed E-state index contributed by atoms with van der Waals surface area (Å²) in [5, 5.41) is 4.89. The van der Waals surface area contributed by atoms with Crippen LogP contribution in [0.1, 0.15) is 36.8 Å². The monoisotopic (exact) mass is 427 g/mol. The Morgan fingerprint density at radius 2 is 1.79 bits per heavy atom. The highest BCUT2D eigenvalue weighted by Gasteiger charge is 2.15. The summed E-state index contributed by atoms with van der Waals surface area (Å²) < 4.78 is 7.08. The van der Waals surface area contributed by atoms with Crippen LogP contribution in [0.25, 0.3) is 0 Å². The summed E-state index contributed by atoms with van der Waals surface area (Å²) in [6, 6.07) is 12.2. The van der Waals surface area contributed by atoms with Gasteiger partial charge in [-0.25, -0.2) is 0 Å². The second kappa shape index (κ2) is 8.57. The average Bonchev–Trinajstić information content (AvgIpc) is 3.07. The second-order valence-corrected chi connectivity index (χ2v) is 7.83. The predicted molar refractivity (Wildman–Crippen MR) is 104 cm³/mol. The Bertz CT molecular complexity index is 682. The van der Waals surface area contributed by atoms with Gasteiger partial charge < -0.3 is 10.1 Å². The van der Waals surface area contributed by atoms with Gasteiger partial charge in [0, 0.05) is 38.2 Å². The molecule has 5 heteroatoms. The summed E-state index contributed by atoms with van der Waals surface area (Å²) in [6.07, 6.45) is 5.17. The van der Waals surface area contributed by atoms with Gasteiger partial charge in [-0.15, -0.1) is 0 Å². The Balaban J connectivity index is 1.70. The Hall–Kier alpha value is -0.740. The van der Waals surface area contributed by atoms with Gasteiger partial charge in [0.25, 0.3) is 0 Å². The van der Waals surface area contributed by atoms with E-state index in [4.69, 9.17) is 27.9 Å². The minimum Gasteiger partial charge on any atom is -0.488 e. The third-order valence-corrected chi connectivity index (χ3v) is 5.59. The number of ether oxygens (including phenoxy) is 1. The first-order valence-electron chi connectivity index (χ1n) is 8.21. The summed E-state index contributed by atoms with van der Waals surface area (Å²) in [5.74, 6) is 0.861. The minimum absolute atomic E-state index is 0.358. The number of hydrogen-bond acceptors (Lipinski definition) is 2. The van der Waals surface area contributed by atoms with Crippen molar-refractivity contribution < 1.29 is 4.74 Å². The molecule has 1 fully saturated rings. The van der Waals surface area contributed by atoms with Crippen molar-refractivity contribution in [2.24, 2.45) is 0 Å². The van der Waals surface area contributed by atoms with Crippen molar-refractivity contribution in [2.75, 3.05) is 0 Å². The topological polar surface area (TPSA) is 21.3 Å². The summed E-state index contributed by atoms with van der Waals surface area (Å²) in [4.78, 5) is 0. The molecule has 0 atom stereocenters. The molecule has 1 aliphatic carbocycles. The van der Waals surface area contributed by atoms with Crippen LogP contribution in [0.2, 0.25) is 10.0 Å². The highest BCUT2D eigenvalue weighted by Crippen LogP contribution is 2.29. The number of halogens is 3. The van der Waals surface area contributed by atoms with Crippen LogP contribution < -0.4 is 10.1 Å². The maximum atomic E-state index is 6.22. The van der Waals surface area contributed by atoms with E-state index in [9.17, 15) is 0 Å². The second-order valence-electron chi connectivity index (χ2n) is 6.10. The number of nitrogens with one attached hydrogen (secondary N) is 1. The van der Waals surface area contributed by atoms with Gasteiger partial charge >= 0.3 is 0 Å². The first-order valence-corrected chi connectivity index (χ1v) is 9.76. The maximum Gasteiger partial charge on any atom is 0.124 e. The molecule has 0 spiro atoms. The van der Waals surface area contributed by atoms with E-state index in [1.807, 2.05) is 30.3 Å². The molecule has 24 heavy (non-hydrogen) atoms. The molecule has 2 aromatic rings. The first-order chi connectivity index (χ1) is 11.6. The summed E-state index contributed by atoms with van der Waals surface area (Å²) >= 11 is 16.0. The Morgan fingerprint density at radius 3 is 2.50 bits per heavy atom. The number of hydrogen-bond donors (Lipinski definition) is 1. The van der Waals surface area contributed by atoms with Crippen molar-refractivity contribution in [1.82, 2.24) is 5.32 Å². The zero-order chi connectivity index (χ0) is 16.9.